The molecule has 0 aromatic carbocycles. The van der Waals surface area contributed by atoms with Gasteiger partial charge in [0.05, 0.1) is 28.5 Å². The van der Waals surface area contributed by atoms with Crippen LogP contribution in [-0.4, -0.2) is 23.6 Å². The van der Waals surface area contributed by atoms with Crippen LogP contribution in [0.5, 0.6) is 0 Å². The van der Waals surface area contributed by atoms with Crippen molar-refractivity contribution in [1.29, 1.82) is 10.5 Å². The molecule has 0 aromatic rings. The number of hydrogen-bond acceptors (Lipinski definition) is 5. The van der Waals surface area contributed by atoms with Crippen LogP contribution >= 0.6 is 11.8 Å². The molecule has 2 amide bonds. The Hall–Kier alpha value is -1.99. The highest BCUT2D eigenvalue weighted by molar-refractivity contribution is 8.03. The van der Waals surface area contributed by atoms with Crippen LogP contribution in [0.3, 0.4) is 0 Å². The van der Waals surface area contributed by atoms with Crippen LogP contribution in [0.1, 0.15) is 46.5 Å². The van der Waals surface area contributed by atoms with Crippen LogP contribution in [0.2, 0.25) is 0 Å². The van der Waals surface area contributed by atoms with Crippen LogP contribution in [0.4, 0.5) is 0 Å². The predicted octanol–water partition coefficient (Wildman–Crippen LogP) is 2.45. The van der Waals surface area contributed by atoms with Crippen molar-refractivity contribution >= 4 is 23.6 Å². The van der Waals surface area contributed by atoms with E-state index in [9.17, 15) is 20.1 Å². The lowest BCUT2D eigenvalue weighted by atomic mass is 9.72. The van der Waals surface area contributed by atoms with Crippen molar-refractivity contribution in [2.45, 2.75) is 52.5 Å². The molecule has 6 nitrogen and oxygen atoms in total. The fraction of sp³-hybridized carbons (Fsp3) is 0.667. The molecule has 25 heavy (non-hydrogen) atoms. The zero-order valence-electron chi connectivity index (χ0n) is 14.9. The molecule has 1 saturated carbocycles. The van der Waals surface area contributed by atoms with Crippen molar-refractivity contribution in [3.8, 4) is 12.1 Å². The first-order valence-corrected chi connectivity index (χ1v) is 9.55. The SMILES string of the molecule is CC1CCC(NC(=O)CSC2=C(C#N)C(C)(C)[C@@H](C#N)C(=O)N2)CC1. The second-order valence-corrected chi connectivity index (χ2v) is 8.39. The maximum Gasteiger partial charge on any atom is 0.243 e. The number of hydrogen-bond donors (Lipinski definition) is 2. The van der Waals surface area contributed by atoms with Crippen LogP contribution in [0.15, 0.2) is 10.6 Å². The van der Waals surface area contributed by atoms with Gasteiger partial charge in [-0.3, -0.25) is 9.59 Å². The highest BCUT2D eigenvalue weighted by Gasteiger charge is 2.44. The fourth-order valence-electron chi connectivity index (χ4n) is 3.35. The molecule has 0 bridgehead atoms. The lowest BCUT2D eigenvalue weighted by molar-refractivity contribution is -0.125. The van der Waals surface area contributed by atoms with Crippen molar-refractivity contribution in [1.82, 2.24) is 10.6 Å². The second-order valence-electron chi connectivity index (χ2n) is 7.40. The maximum atomic E-state index is 12.2. The highest BCUT2D eigenvalue weighted by atomic mass is 32.2. The number of nitrogens with one attached hydrogen (secondary N) is 2. The molecule has 1 heterocycles. The lowest BCUT2D eigenvalue weighted by Crippen LogP contribution is -2.45. The molecule has 0 spiro atoms. The second kappa shape index (κ2) is 7.93. The number of thioether (sulfide) groups is 1. The zero-order chi connectivity index (χ0) is 18.6. The molecule has 0 aromatic heterocycles. The van der Waals surface area contributed by atoms with E-state index in [2.05, 4.69) is 23.6 Å². The summed E-state index contributed by atoms with van der Waals surface area (Å²) in [6.07, 6.45) is 4.25. The largest absolute Gasteiger partial charge is 0.353 e. The highest BCUT2D eigenvalue weighted by Crippen LogP contribution is 2.41. The summed E-state index contributed by atoms with van der Waals surface area (Å²) in [5, 5.41) is 24.7. The summed E-state index contributed by atoms with van der Waals surface area (Å²) in [5.41, 5.74) is -0.521. The Balaban J connectivity index is 2.00. The quantitative estimate of drug-likeness (QED) is 0.801. The molecule has 2 aliphatic rings. The fourth-order valence-corrected chi connectivity index (χ4v) is 4.33. The van der Waals surface area contributed by atoms with Gasteiger partial charge in [0.25, 0.3) is 0 Å². The monoisotopic (exact) mass is 360 g/mol. The van der Waals surface area contributed by atoms with Crippen molar-refractivity contribution in [3.63, 3.8) is 0 Å². The van der Waals surface area contributed by atoms with Gasteiger partial charge < -0.3 is 10.6 Å². The van der Waals surface area contributed by atoms with Gasteiger partial charge in [0.15, 0.2) is 0 Å². The maximum absolute atomic E-state index is 12.2. The van der Waals surface area contributed by atoms with Gasteiger partial charge in [-0.05, 0) is 31.6 Å². The van der Waals surface area contributed by atoms with Gasteiger partial charge >= 0.3 is 0 Å². The van der Waals surface area contributed by atoms with Crippen molar-refractivity contribution in [2.75, 3.05) is 5.75 Å². The normalized spacial score (nSPS) is 28.5. The van der Waals surface area contributed by atoms with E-state index in [-0.39, 0.29) is 17.7 Å². The van der Waals surface area contributed by atoms with E-state index in [1.807, 2.05) is 6.07 Å². The third-order valence-electron chi connectivity index (χ3n) is 5.06. The van der Waals surface area contributed by atoms with E-state index < -0.39 is 17.2 Å². The van der Waals surface area contributed by atoms with Gasteiger partial charge in [0, 0.05) is 11.5 Å². The average Bonchev–Trinajstić information content (AvgIpc) is 2.54. The molecule has 134 valence electrons. The van der Waals surface area contributed by atoms with Crippen LogP contribution in [-0.2, 0) is 9.59 Å². The summed E-state index contributed by atoms with van der Waals surface area (Å²) in [7, 11) is 0. The molecule has 2 rings (SSSR count). The zero-order valence-corrected chi connectivity index (χ0v) is 15.7. The Morgan fingerprint density at radius 3 is 2.52 bits per heavy atom. The summed E-state index contributed by atoms with van der Waals surface area (Å²) in [6, 6.07) is 4.28. The average molecular weight is 360 g/mol. The van der Waals surface area contributed by atoms with Crippen molar-refractivity contribution in [3.05, 3.63) is 10.6 Å². The smallest absolute Gasteiger partial charge is 0.243 e. The van der Waals surface area contributed by atoms with E-state index in [0.29, 0.717) is 10.6 Å². The Bertz CT molecular complexity index is 664. The van der Waals surface area contributed by atoms with Crippen molar-refractivity contribution < 1.29 is 9.59 Å². The van der Waals surface area contributed by atoms with Gasteiger partial charge in [-0.2, -0.15) is 10.5 Å². The Morgan fingerprint density at radius 1 is 1.32 bits per heavy atom. The number of allylic oxidation sites excluding steroid dienone is 1. The van der Waals surface area contributed by atoms with E-state index in [1.54, 1.807) is 13.8 Å². The summed E-state index contributed by atoms with van der Waals surface area (Å²) >= 11 is 1.15. The van der Waals surface area contributed by atoms with Gasteiger partial charge in [-0.15, -0.1) is 0 Å². The lowest BCUT2D eigenvalue weighted by Gasteiger charge is -2.34. The Labute approximate surface area is 153 Å². The van der Waals surface area contributed by atoms with E-state index in [1.165, 1.54) is 0 Å². The molecule has 1 aliphatic heterocycles. The molecule has 1 atom stereocenters. The molecule has 2 N–H and O–H groups in total. The van der Waals surface area contributed by atoms with Gasteiger partial charge in [-0.1, -0.05) is 32.5 Å². The molecule has 0 saturated heterocycles. The molecule has 1 fully saturated rings. The van der Waals surface area contributed by atoms with E-state index in [4.69, 9.17) is 0 Å². The number of nitriles is 2. The van der Waals surface area contributed by atoms with Crippen LogP contribution in [0.25, 0.3) is 0 Å². The van der Waals surface area contributed by atoms with E-state index in [0.717, 1.165) is 43.4 Å². The minimum atomic E-state index is -0.912. The molecule has 7 heteroatoms. The van der Waals surface area contributed by atoms with Crippen LogP contribution < -0.4 is 10.6 Å². The Kier molecular flexibility index (Phi) is 6.13. The first-order chi connectivity index (χ1) is 11.8. The predicted molar refractivity (Wildman–Crippen MR) is 95.7 cm³/mol. The third-order valence-corrected chi connectivity index (χ3v) is 6.06. The summed E-state index contributed by atoms with van der Waals surface area (Å²) in [4.78, 5) is 24.3. The summed E-state index contributed by atoms with van der Waals surface area (Å²) in [5.74, 6) is -0.567. The molecule has 1 aliphatic carbocycles. The van der Waals surface area contributed by atoms with Gasteiger partial charge in [0.2, 0.25) is 11.8 Å². The van der Waals surface area contributed by atoms with Crippen LogP contribution in [0, 0.1) is 39.9 Å². The van der Waals surface area contributed by atoms with E-state index >= 15 is 0 Å². The minimum absolute atomic E-state index is 0.0937. The van der Waals surface area contributed by atoms with Gasteiger partial charge in [-0.25, -0.2) is 0 Å². The summed E-state index contributed by atoms with van der Waals surface area (Å²) < 4.78 is 0. The number of nitrogens with zero attached hydrogens (tertiary/aromatic N) is 2. The first kappa shape index (κ1) is 19.3. The molecular weight excluding hydrogens is 336 g/mol. The molecular formula is C18H24N4O2S. The first-order valence-electron chi connectivity index (χ1n) is 8.57. The summed E-state index contributed by atoms with van der Waals surface area (Å²) in [6.45, 7) is 5.65. The molecule has 0 radical (unpaired) electrons. The molecule has 0 unspecified atom stereocenters. The number of amides is 2. The standard InChI is InChI=1S/C18H24N4O2S/c1-11-4-6-12(7-5-11)21-15(23)10-25-17-14(9-20)18(2,3)13(8-19)16(24)22-17/h11-13H,4-7,10H2,1-3H3,(H,21,23)(H,22,24)/t11?,12?,13-/m0/s1. The minimum Gasteiger partial charge on any atom is -0.353 e. The van der Waals surface area contributed by atoms with Crippen molar-refractivity contribution in [2.24, 2.45) is 17.3 Å². The topological polar surface area (TPSA) is 106 Å². The van der Waals surface area contributed by atoms with Gasteiger partial charge in [0.1, 0.15) is 5.92 Å². The number of rotatable bonds is 4. The Morgan fingerprint density at radius 2 is 1.96 bits per heavy atom. The third kappa shape index (κ3) is 4.35. The number of carbonyl (C=O) groups excluding carboxylic acids is 2. The number of carbonyl (C=O) groups is 2.